The van der Waals surface area contributed by atoms with Gasteiger partial charge in [0.25, 0.3) is 0 Å². The lowest BCUT2D eigenvalue weighted by Crippen LogP contribution is -2.42. The van der Waals surface area contributed by atoms with Crippen LogP contribution in [-0.4, -0.2) is 30.6 Å². The fourth-order valence-corrected chi connectivity index (χ4v) is 3.35. The van der Waals surface area contributed by atoms with Crippen molar-refractivity contribution < 1.29 is 0 Å². The molecule has 2 unspecified atom stereocenters. The van der Waals surface area contributed by atoms with Crippen LogP contribution < -0.4 is 5.73 Å². The lowest BCUT2D eigenvalue weighted by Gasteiger charge is -2.35. The molecule has 0 aliphatic heterocycles. The van der Waals surface area contributed by atoms with Crippen molar-refractivity contribution in [1.82, 2.24) is 4.90 Å². The van der Waals surface area contributed by atoms with Crippen LogP contribution in [-0.2, 0) is 0 Å². The number of hydrogen-bond acceptors (Lipinski definition) is 2. The van der Waals surface area contributed by atoms with E-state index in [1.165, 1.54) is 57.9 Å². The molecule has 2 aliphatic rings. The SMILES string of the molecule is CN(CC1CCCC1)C1CCCC(N)C1. The van der Waals surface area contributed by atoms with Crippen LogP contribution in [0.5, 0.6) is 0 Å². The van der Waals surface area contributed by atoms with Gasteiger partial charge in [-0.25, -0.2) is 0 Å². The third-order valence-corrected chi connectivity index (χ3v) is 4.33. The summed E-state index contributed by atoms with van der Waals surface area (Å²) in [4.78, 5) is 2.59. The summed E-state index contributed by atoms with van der Waals surface area (Å²) < 4.78 is 0. The van der Waals surface area contributed by atoms with E-state index >= 15 is 0 Å². The molecule has 2 fully saturated rings. The smallest absolute Gasteiger partial charge is 0.0107 e. The average Bonchev–Trinajstić information content (AvgIpc) is 2.70. The van der Waals surface area contributed by atoms with Crippen molar-refractivity contribution in [1.29, 1.82) is 0 Å². The normalized spacial score (nSPS) is 33.8. The van der Waals surface area contributed by atoms with Gasteiger partial charge in [0, 0.05) is 18.6 Å². The first-order chi connectivity index (χ1) is 7.25. The van der Waals surface area contributed by atoms with Crippen molar-refractivity contribution in [3.05, 3.63) is 0 Å². The highest BCUT2D eigenvalue weighted by atomic mass is 15.1. The van der Waals surface area contributed by atoms with Crippen molar-refractivity contribution in [2.24, 2.45) is 11.7 Å². The second-order valence-electron chi connectivity index (χ2n) is 5.67. The van der Waals surface area contributed by atoms with E-state index in [2.05, 4.69) is 11.9 Å². The third-order valence-electron chi connectivity index (χ3n) is 4.33. The van der Waals surface area contributed by atoms with E-state index in [9.17, 15) is 0 Å². The predicted molar refractivity (Wildman–Crippen MR) is 64.8 cm³/mol. The van der Waals surface area contributed by atoms with Crippen molar-refractivity contribution in [2.75, 3.05) is 13.6 Å². The summed E-state index contributed by atoms with van der Waals surface area (Å²) in [6.45, 7) is 1.32. The lowest BCUT2D eigenvalue weighted by molar-refractivity contribution is 0.158. The molecular weight excluding hydrogens is 184 g/mol. The molecule has 0 bridgehead atoms. The number of nitrogens with zero attached hydrogens (tertiary/aromatic N) is 1. The summed E-state index contributed by atoms with van der Waals surface area (Å²) in [6, 6.07) is 1.24. The highest BCUT2D eigenvalue weighted by Crippen LogP contribution is 2.28. The van der Waals surface area contributed by atoms with E-state index in [0.717, 1.165) is 12.0 Å². The van der Waals surface area contributed by atoms with Crippen molar-refractivity contribution in [3.63, 3.8) is 0 Å². The topological polar surface area (TPSA) is 29.3 Å². The molecule has 88 valence electrons. The van der Waals surface area contributed by atoms with Gasteiger partial charge < -0.3 is 10.6 Å². The molecule has 0 amide bonds. The highest BCUT2D eigenvalue weighted by Gasteiger charge is 2.25. The Morgan fingerprint density at radius 2 is 1.80 bits per heavy atom. The van der Waals surface area contributed by atoms with Gasteiger partial charge in [-0.3, -0.25) is 0 Å². The molecule has 0 aromatic heterocycles. The van der Waals surface area contributed by atoms with Crippen molar-refractivity contribution in [3.8, 4) is 0 Å². The summed E-state index contributed by atoms with van der Waals surface area (Å²) >= 11 is 0. The zero-order valence-corrected chi connectivity index (χ0v) is 10.1. The minimum Gasteiger partial charge on any atom is -0.328 e. The van der Waals surface area contributed by atoms with E-state index in [0.29, 0.717) is 6.04 Å². The maximum Gasteiger partial charge on any atom is 0.0107 e. The second-order valence-corrected chi connectivity index (χ2v) is 5.67. The number of rotatable bonds is 3. The summed E-state index contributed by atoms with van der Waals surface area (Å²) in [5.41, 5.74) is 6.04. The minimum atomic E-state index is 0.467. The Morgan fingerprint density at radius 1 is 1.07 bits per heavy atom. The maximum absolute atomic E-state index is 6.04. The van der Waals surface area contributed by atoms with E-state index in [1.807, 2.05) is 0 Å². The molecule has 0 radical (unpaired) electrons. The Kier molecular flexibility index (Phi) is 4.04. The monoisotopic (exact) mass is 210 g/mol. The molecular formula is C13H26N2. The fraction of sp³-hybridized carbons (Fsp3) is 1.00. The largest absolute Gasteiger partial charge is 0.328 e. The Bertz CT molecular complexity index is 187. The van der Waals surface area contributed by atoms with Gasteiger partial charge in [0.15, 0.2) is 0 Å². The molecule has 2 nitrogen and oxygen atoms in total. The van der Waals surface area contributed by atoms with E-state index < -0.39 is 0 Å². The van der Waals surface area contributed by atoms with Gasteiger partial charge in [-0.2, -0.15) is 0 Å². The van der Waals surface area contributed by atoms with Crippen LogP contribution in [0.3, 0.4) is 0 Å². The fourth-order valence-electron chi connectivity index (χ4n) is 3.35. The van der Waals surface area contributed by atoms with Crippen LogP contribution in [0.25, 0.3) is 0 Å². The Balaban J connectivity index is 1.76. The molecule has 0 spiro atoms. The van der Waals surface area contributed by atoms with Crippen molar-refractivity contribution >= 4 is 0 Å². The van der Waals surface area contributed by atoms with E-state index in [1.54, 1.807) is 0 Å². The summed E-state index contributed by atoms with van der Waals surface area (Å²) in [5.74, 6) is 0.980. The van der Waals surface area contributed by atoms with Crippen LogP contribution in [0.2, 0.25) is 0 Å². The van der Waals surface area contributed by atoms with Gasteiger partial charge in [0.2, 0.25) is 0 Å². The summed E-state index contributed by atoms with van der Waals surface area (Å²) in [6.07, 6.45) is 11.0. The number of hydrogen-bond donors (Lipinski definition) is 1. The molecule has 2 heteroatoms. The third kappa shape index (κ3) is 3.18. The molecule has 0 aromatic rings. The lowest BCUT2D eigenvalue weighted by atomic mass is 9.90. The van der Waals surface area contributed by atoms with E-state index in [4.69, 9.17) is 5.73 Å². The molecule has 2 saturated carbocycles. The van der Waals surface area contributed by atoms with Crippen LogP contribution in [0, 0.1) is 5.92 Å². The van der Waals surface area contributed by atoms with Crippen molar-refractivity contribution in [2.45, 2.75) is 63.5 Å². The van der Waals surface area contributed by atoms with E-state index in [-0.39, 0.29) is 0 Å². The standard InChI is InChI=1S/C13H26N2/c1-15(10-11-5-2-3-6-11)13-8-4-7-12(14)9-13/h11-13H,2-10,14H2,1H3. The number of nitrogens with two attached hydrogens (primary N) is 1. The zero-order chi connectivity index (χ0) is 10.7. The Hall–Kier alpha value is -0.0800. The highest BCUT2D eigenvalue weighted by molar-refractivity contribution is 4.82. The van der Waals surface area contributed by atoms with Gasteiger partial charge >= 0.3 is 0 Å². The Morgan fingerprint density at radius 3 is 2.47 bits per heavy atom. The summed E-state index contributed by atoms with van der Waals surface area (Å²) in [5, 5.41) is 0. The molecule has 0 heterocycles. The predicted octanol–water partition coefficient (Wildman–Crippen LogP) is 2.38. The van der Waals surface area contributed by atoms with Crippen LogP contribution >= 0.6 is 0 Å². The second kappa shape index (κ2) is 5.31. The molecule has 15 heavy (non-hydrogen) atoms. The molecule has 0 saturated heterocycles. The molecule has 2 atom stereocenters. The average molecular weight is 210 g/mol. The minimum absolute atomic E-state index is 0.467. The van der Waals surface area contributed by atoms with Crippen LogP contribution in [0.1, 0.15) is 51.4 Å². The quantitative estimate of drug-likeness (QED) is 0.775. The van der Waals surface area contributed by atoms with Gasteiger partial charge in [-0.1, -0.05) is 19.3 Å². The molecule has 2 N–H and O–H groups in total. The van der Waals surface area contributed by atoms with Gasteiger partial charge in [-0.15, -0.1) is 0 Å². The summed E-state index contributed by atoms with van der Waals surface area (Å²) in [7, 11) is 2.31. The molecule has 2 rings (SSSR count). The first-order valence-corrected chi connectivity index (χ1v) is 6.71. The van der Waals surface area contributed by atoms with Gasteiger partial charge in [0.05, 0.1) is 0 Å². The maximum atomic E-state index is 6.04. The molecule has 2 aliphatic carbocycles. The van der Waals surface area contributed by atoms with Gasteiger partial charge in [-0.05, 0) is 45.1 Å². The first-order valence-electron chi connectivity index (χ1n) is 6.71. The van der Waals surface area contributed by atoms with Gasteiger partial charge in [0.1, 0.15) is 0 Å². The van der Waals surface area contributed by atoms with Crippen LogP contribution in [0.4, 0.5) is 0 Å². The zero-order valence-electron chi connectivity index (χ0n) is 10.1. The van der Waals surface area contributed by atoms with Crippen LogP contribution in [0.15, 0.2) is 0 Å². The first kappa shape index (κ1) is 11.4. The Labute approximate surface area is 94.2 Å². The molecule has 0 aromatic carbocycles.